The predicted octanol–water partition coefficient (Wildman–Crippen LogP) is 3.60. The Labute approximate surface area is 178 Å². The number of hydrogen-bond donors (Lipinski definition) is 0. The van der Waals surface area contributed by atoms with Gasteiger partial charge in [-0.15, -0.1) is 0 Å². The molecule has 0 N–H and O–H groups in total. The summed E-state index contributed by atoms with van der Waals surface area (Å²) >= 11 is 0. The van der Waals surface area contributed by atoms with Gasteiger partial charge in [-0.2, -0.15) is 0 Å². The number of ether oxygens (including phenoxy) is 4. The standard InChI is InChI=1S/C24H32NO5/c1-25(10-6-12-26)11-9-18-15-23(29-4)24(30-5)16-19(18)20(25)13-17-7-8-21(27-2)22(14-17)28-3/h7-8,12,14-16,20H,6,9-11,13H2,1-5H3/q+1/t20-,25+/m1/s1. The van der Waals surface area contributed by atoms with Crippen molar-refractivity contribution < 1.29 is 28.2 Å². The number of rotatable bonds is 9. The molecule has 6 heteroatoms. The van der Waals surface area contributed by atoms with E-state index in [4.69, 9.17) is 18.9 Å². The summed E-state index contributed by atoms with van der Waals surface area (Å²) in [4.78, 5) is 11.2. The average Bonchev–Trinajstić information content (AvgIpc) is 2.78. The zero-order valence-corrected chi connectivity index (χ0v) is 18.6. The second-order valence-electron chi connectivity index (χ2n) is 7.95. The third-order valence-electron chi connectivity index (χ3n) is 6.28. The second-order valence-corrected chi connectivity index (χ2v) is 7.95. The lowest BCUT2D eigenvalue weighted by molar-refractivity contribution is -0.940. The van der Waals surface area contributed by atoms with Crippen molar-refractivity contribution >= 4 is 6.29 Å². The number of hydrogen-bond acceptors (Lipinski definition) is 5. The molecular formula is C24H32NO5+. The number of carbonyl (C=O) groups excluding carboxylic acids is 1. The van der Waals surface area contributed by atoms with E-state index in [0.717, 1.165) is 65.3 Å². The van der Waals surface area contributed by atoms with Crippen LogP contribution in [0.2, 0.25) is 0 Å². The molecule has 3 rings (SSSR count). The summed E-state index contributed by atoms with van der Waals surface area (Å²) in [6.07, 6.45) is 3.31. The first-order valence-electron chi connectivity index (χ1n) is 10.2. The molecule has 1 aliphatic heterocycles. The predicted molar refractivity (Wildman–Crippen MR) is 116 cm³/mol. The van der Waals surface area contributed by atoms with Gasteiger partial charge in [0, 0.05) is 18.4 Å². The Kier molecular flexibility index (Phi) is 6.87. The van der Waals surface area contributed by atoms with Gasteiger partial charge in [0.15, 0.2) is 23.0 Å². The van der Waals surface area contributed by atoms with Gasteiger partial charge < -0.3 is 28.2 Å². The van der Waals surface area contributed by atoms with Crippen LogP contribution in [0.3, 0.4) is 0 Å². The molecule has 0 spiro atoms. The molecule has 0 amide bonds. The minimum atomic E-state index is 0.187. The number of aldehydes is 1. The lowest BCUT2D eigenvalue weighted by atomic mass is 9.86. The molecular weight excluding hydrogens is 382 g/mol. The normalized spacial score (nSPS) is 20.2. The Balaban J connectivity index is 2.06. The van der Waals surface area contributed by atoms with Crippen molar-refractivity contribution in [3.8, 4) is 23.0 Å². The summed E-state index contributed by atoms with van der Waals surface area (Å²) in [5.74, 6) is 2.93. The second kappa shape index (κ2) is 9.39. The maximum absolute atomic E-state index is 11.2. The van der Waals surface area contributed by atoms with Crippen molar-refractivity contribution in [1.29, 1.82) is 0 Å². The maximum atomic E-state index is 11.2. The van der Waals surface area contributed by atoms with Crippen molar-refractivity contribution in [2.24, 2.45) is 0 Å². The van der Waals surface area contributed by atoms with Gasteiger partial charge in [-0.1, -0.05) is 6.07 Å². The molecule has 6 nitrogen and oxygen atoms in total. The van der Waals surface area contributed by atoms with Gasteiger partial charge in [0.05, 0.1) is 55.0 Å². The third kappa shape index (κ3) is 4.24. The maximum Gasteiger partial charge on any atom is 0.161 e. The topological polar surface area (TPSA) is 54.0 Å². The van der Waals surface area contributed by atoms with Crippen LogP contribution < -0.4 is 18.9 Å². The summed E-state index contributed by atoms with van der Waals surface area (Å²) in [7, 11) is 8.87. The fraction of sp³-hybridized carbons (Fsp3) is 0.458. The monoisotopic (exact) mass is 414 g/mol. The van der Waals surface area contributed by atoms with Crippen LogP contribution in [0, 0.1) is 0 Å². The van der Waals surface area contributed by atoms with Crippen LogP contribution in [0.4, 0.5) is 0 Å². The minimum absolute atomic E-state index is 0.187. The molecule has 2 aromatic rings. The summed E-state index contributed by atoms with van der Waals surface area (Å²) in [6, 6.07) is 10.5. The van der Waals surface area contributed by atoms with E-state index >= 15 is 0 Å². The summed E-state index contributed by atoms with van der Waals surface area (Å²) in [6.45, 7) is 1.77. The van der Waals surface area contributed by atoms with Crippen molar-refractivity contribution in [3.63, 3.8) is 0 Å². The van der Waals surface area contributed by atoms with E-state index in [1.807, 2.05) is 12.1 Å². The van der Waals surface area contributed by atoms with Gasteiger partial charge in [0.2, 0.25) is 0 Å². The Morgan fingerprint density at radius 3 is 2.20 bits per heavy atom. The Hall–Kier alpha value is -2.73. The van der Waals surface area contributed by atoms with E-state index in [0.29, 0.717) is 6.42 Å². The Morgan fingerprint density at radius 2 is 1.57 bits per heavy atom. The SMILES string of the molecule is COc1ccc(C[C@@H]2c3cc(OC)c(OC)cc3CC[N@+]2(C)CCC=O)cc1OC. The first-order valence-corrected chi connectivity index (χ1v) is 10.2. The zero-order valence-electron chi connectivity index (χ0n) is 18.6. The number of methoxy groups -OCH3 is 4. The number of fused-ring (bicyclic) bond motifs is 1. The molecule has 1 heterocycles. The Bertz CT molecular complexity index is 897. The van der Waals surface area contributed by atoms with Crippen molar-refractivity contribution in [2.45, 2.75) is 25.3 Å². The molecule has 0 saturated heterocycles. The minimum Gasteiger partial charge on any atom is -0.493 e. The van der Waals surface area contributed by atoms with E-state index in [1.54, 1.807) is 28.4 Å². The van der Waals surface area contributed by atoms with Crippen molar-refractivity contribution in [1.82, 2.24) is 0 Å². The van der Waals surface area contributed by atoms with Crippen molar-refractivity contribution in [2.75, 3.05) is 48.6 Å². The molecule has 162 valence electrons. The fourth-order valence-corrected chi connectivity index (χ4v) is 4.51. The molecule has 1 aliphatic rings. The molecule has 0 radical (unpaired) electrons. The van der Waals surface area contributed by atoms with Gasteiger partial charge >= 0.3 is 0 Å². The van der Waals surface area contributed by atoms with Crippen molar-refractivity contribution in [3.05, 3.63) is 47.0 Å². The molecule has 0 fully saturated rings. The highest BCUT2D eigenvalue weighted by Gasteiger charge is 2.39. The largest absolute Gasteiger partial charge is 0.493 e. The lowest BCUT2D eigenvalue weighted by Gasteiger charge is -2.46. The van der Waals surface area contributed by atoms with E-state index in [2.05, 4.69) is 25.2 Å². The smallest absolute Gasteiger partial charge is 0.161 e. The van der Waals surface area contributed by atoms with Crippen LogP contribution in [-0.4, -0.2) is 59.3 Å². The molecule has 0 saturated carbocycles. The molecule has 2 atom stereocenters. The van der Waals surface area contributed by atoms with Crippen LogP contribution in [0.25, 0.3) is 0 Å². The molecule has 2 aromatic carbocycles. The van der Waals surface area contributed by atoms with Gasteiger partial charge in [0.1, 0.15) is 12.3 Å². The summed E-state index contributed by atoms with van der Waals surface area (Å²) in [5, 5.41) is 0. The van der Waals surface area contributed by atoms with Gasteiger partial charge in [-0.25, -0.2) is 0 Å². The highest BCUT2D eigenvalue weighted by atomic mass is 16.5. The first kappa shape index (κ1) is 22.0. The first-order chi connectivity index (χ1) is 14.5. The average molecular weight is 415 g/mol. The van der Waals surface area contributed by atoms with Crippen LogP contribution in [-0.2, 0) is 17.6 Å². The number of likely N-dealkylation sites (N-methyl/N-ethyl adjacent to an activating group) is 1. The molecule has 0 unspecified atom stereocenters. The van der Waals surface area contributed by atoms with Crippen LogP contribution in [0.1, 0.15) is 29.2 Å². The highest BCUT2D eigenvalue weighted by molar-refractivity contribution is 5.50. The third-order valence-corrected chi connectivity index (χ3v) is 6.28. The van der Waals surface area contributed by atoms with Crippen LogP contribution in [0.5, 0.6) is 23.0 Å². The summed E-state index contributed by atoms with van der Waals surface area (Å²) < 4.78 is 22.8. The number of benzene rings is 2. The van der Waals surface area contributed by atoms with Gasteiger partial charge in [-0.3, -0.25) is 0 Å². The fourth-order valence-electron chi connectivity index (χ4n) is 4.51. The molecule has 0 aliphatic carbocycles. The summed E-state index contributed by atoms with van der Waals surface area (Å²) in [5.41, 5.74) is 3.69. The highest BCUT2D eigenvalue weighted by Crippen LogP contribution is 2.43. The molecule has 30 heavy (non-hydrogen) atoms. The number of quaternary nitrogens is 1. The quantitative estimate of drug-likeness (QED) is 0.464. The zero-order chi connectivity index (χ0) is 21.7. The van der Waals surface area contributed by atoms with Gasteiger partial charge in [-0.05, 0) is 35.4 Å². The molecule has 0 aromatic heterocycles. The molecule has 0 bridgehead atoms. The lowest BCUT2D eigenvalue weighted by Crippen LogP contribution is -2.52. The van der Waals surface area contributed by atoms with E-state index in [-0.39, 0.29) is 6.04 Å². The number of nitrogens with zero attached hydrogens (tertiary/aromatic N) is 1. The van der Waals surface area contributed by atoms with Crippen LogP contribution >= 0.6 is 0 Å². The number of carbonyl (C=O) groups is 1. The van der Waals surface area contributed by atoms with E-state index in [9.17, 15) is 4.79 Å². The Morgan fingerprint density at radius 1 is 0.933 bits per heavy atom. The van der Waals surface area contributed by atoms with Gasteiger partial charge in [0.25, 0.3) is 0 Å². The van der Waals surface area contributed by atoms with E-state index < -0.39 is 0 Å². The van der Waals surface area contributed by atoms with Crippen LogP contribution in [0.15, 0.2) is 30.3 Å². The van der Waals surface area contributed by atoms with E-state index in [1.165, 1.54) is 11.1 Å².